The van der Waals surface area contributed by atoms with Gasteiger partial charge < -0.3 is 15.7 Å². The Labute approximate surface area is 120 Å². The maximum absolute atomic E-state index is 12.2. The number of rotatable bonds is 4. The first-order valence-corrected chi connectivity index (χ1v) is 7.29. The summed E-state index contributed by atoms with van der Waals surface area (Å²) in [4.78, 5) is 12.2. The monoisotopic (exact) mass is 276 g/mol. The highest BCUT2D eigenvalue weighted by molar-refractivity contribution is 5.86. The average molecular weight is 276 g/mol. The van der Waals surface area contributed by atoms with E-state index in [1.54, 1.807) is 0 Å². The van der Waals surface area contributed by atoms with Crippen molar-refractivity contribution in [2.45, 2.75) is 44.8 Å². The molecule has 3 N–H and O–H groups in total. The molecule has 1 aliphatic rings. The van der Waals surface area contributed by atoms with Crippen molar-refractivity contribution in [2.75, 3.05) is 13.1 Å². The van der Waals surface area contributed by atoms with Gasteiger partial charge in [0.15, 0.2) is 0 Å². The second-order valence-corrected chi connectivity index (χ2v) is 5.85. The van der Waals surface area contributed by atoms with E-state index in [0.29, 0.717) is 0 Å². The molecule has 1 saturated heterocycles. The van der Waals surface area contributed by atoms with Crippen LogP contribution in [-0.2, 0) is 4.79 Å². The summed E-state index contributed by atoms with van der Waals surface area (Å²) in [6.45, 7) is 5.07. The van der Waals surface area contributed by atoms with Crippen molar-refractivity contribution in [1.29, 1.82) is 0 Å². The quantitative estimate of drug-likeness (QED) is 0.784. The lowest BCUT2D eigenvalue weighted by atomic mass is 9.90. The number of nitrogens with one attached hydrogen (secondary N) is 2. The number of hydrogen-bond donors (Lipinski definition) is 3. The molecule has 1 heterocycles. The molecule has 1 aliphatic heterocycles. The van der Waals surface area contributed by atoms with E-state index in [1.165, 1.54) is 0 Å². The second kappa shape index (κ2) is 6.37. The molecule has 1 aromatic carbocycles. The third-order valence-electron chi connectivity index (χ3n) is 4.04. The van der Waals surface area contributed by atoms with Crippen molar-refractivity contribution in [3.05, 3.63) is 35.4 Å². The fourth-order valence-corrected chi connectivity index (χ4v) is 2.54. The number of piperidine rings is 1. The zero-order chi connectivity index (χ0) is 14.6. The van der Waals surface area contributed by atoms with Gasteiger partial charge in [0.25, 0.3) is 0 Å². The molecular formula is C16H24N2O2. The van der Waals surface area contributed by atoms with Gasteiger partial charge >= 0.3 is 0 Å². The Kier molecular flexibility index (Phi) is 4.78. The van der Waals surface area contributed by atoms with Crippen molar-refractivity contribution < 1.29 is 9.90 Å². The third kappa shape index (κ3) is 3.58. The van der Waals surface area contributed by atoms with Crippen LogP contribution in [0.15, 0.2) is 24.3 Å². The first-order chi connectivity index (χ1) is 9.51. The highest BCUT2D eigenvalue weighted by atomic mass is 16.3. The van der Waals surface area contributed by atoms with Gasteiger partial charge in [-0.25, -0.2) is 0 Å². The van der Waals surface area contributed by atoms with Gasteiger partial charge in [0.1, 0.15) is 0 Å². The molecule has 2 atom stereocenters. The molecule has 4 heteroatoms. The Morgan fingerprint density at radius 2 is 2.10 bits per heavy atom. The predicted octanol–water partition coefficient (Wildman–Crippen LogP) is 1.68. The lowest BCUT2D eigenvalue weighted by molar-refractivity contribution is -0.128. The molecule has 0 aromatic heterocycles. The van der Waals surface area contributed by atoms with Crippen LogP contribution in [0.2, 0.25) is 0 Å². The van der Waals surface area contributed by atoms with Crippen LogP contribution in [0, 0.1) is 6.92 Å². The van der Waals surface area contributed by atoms with E-state index in [-0.39, 0.29) is 12.5 Å². The molecular weight excluding hydrogens is 252 g/mol. The number of benzene rings is 1. The van der Waals surface area contributed by atoms with E-state index < -0.39 is 11.6 Å². The van der Waals surface area contributed by atoms with Crippen molar-refractivity contribution in [2.24, 2.45) is 0 Å². The molecule has 0 aliphatic carbocycles. The number of carbonyl (C=O) groups excluding carboxylic acids is 1. The largest absolute Gasteiger partial charge is 0.387 e. The number of amides is 1. The molecule has 1 amide bonds. The summed E-state index contributed by atoms with van der Waals surface area (Å²) in [7, 11) is 0. The maximum atomic E-state index is 12.2. The maximum Gasteiger partial charge on any atom is 0.240 e. The predicted molar refractivity (Wildman–Crippen MR) is 79.4 cm³/mol. The molecule has 0 saturated carbocycles. The minimum absolute atomic E-state index is 0.0247. The molecule has 0 bridgehead atoms. The van der Waals surface area contributed by atoms with Crippen molar-refractivity contribution in [3.8, 4) is 0 Å². The Morgan fingerprint density at radius 3 is 2.70 bits per heavy atom. The molecule has 2 rings (SSSR count). The fourth-order valence-electron chi connectivity index (χ4n) is 2.54. The smallest absolute Gasteiger partial charge is 0.240 e. The minimum atomic E-state index is -0.660. The van der Waals surface area contributed by atoms with Gasteiger partial charge in [-0.05, 0) is 45.2 Å². The Morgan fingerprint density at radius 1 is 1.40 bits per heavy atom. The second-order valence-electron chi connectivity index (χ2n) is 5.85. The van der Waals surface area contributed by atoms with Crippen molar-refractivity contribution in [3.63, 3.8) is 0 Å². The van der Waals surface area contributed by atoms with E-state index in [9.17, 15) is 9.90 Å². The normalized spacial score (nSPS) is 24.1. The Bertz CT molecular complexity index is 450. The fraction of sp³-hybridized carbons (Fsp3) is 0.562. The van der Waals surface area contributed by atoms with Crippen molar-refractivity contribution in [1.82, 2.24) is 10.6 Å². The third-order valence-corrected chi connectivity index (χ3v) is 4.04. The van der Waals surface area contributed by atoms with Gasteiger partial charge in [-0.15, -0.1) is 0 Å². The van der Waals surface area contributed by atoms with Gasteiger partial charge in [0.2, 0.25) is 5.91 Å². The molecule has 2 unspecified atom stereocenters. The van der Waals surface area contributed by atoms with Gasteiger partial charge in [0, 0.05) is 6.54 Å². The summed E-state index contributed by atoms with van der Waals surface area (Å²) in [6, 6.07) is 7.72. The lowest BCUT2D eigenvalue weighted by Gasteiger charge is -2.33. The summed E-state index contributed by atoms with van der Waals surface area (Å²) < 4.78 is 0. The van der Waals surface area contributed by atoms with E-state index in [1.807, 2.05) is 38.1 Å². The molecule has 1 fully saturated rings. The van der Waals surface area contributed by atoms with Crippen molar-refractivity contribution >= 4 is 5.91 Å². The first kappa shape index (κ1) is 15.0. The molecule has 20 heavy (non-hydrogen) atoms. The zero-order valence-electron chi connectivity index (χ0n) is 12.3. The van der Waals surface area contributed by atoms with Crippen LogP contribution in [-0.4, -0.2) is 29.6 Å². The SMILES string of the molecule is Cc1ccc(C(O)CNC(=O)C2(C)CCCCN2)cc1. The number of carbonyl (C=O) groups is 1. The molecule has 0 radical (unpaired) electrons. The van der Waals surface area contributed by atoms with Gasteiger partial charge in [0.05, 0.1) is 11.6 Å². The summed E-state index contributed by atoms with van der Waals surface area (Å²) in [5.41, 5.74) is 1.49. The van der Waals surface area contributed by atoms with Gasteiger partial charge in [-0.2, -0.15) is 0 Å². The summed E-state index contributed by atoms with van der Waals surface area (Å²) in [5, 5.41) is 16.2. The minimum Gasteiger partial charge on any atom is -0.387 e. The summed E-state index contributed by atoms with van der Waals surface area (Å²) in [6.07, 6.45) is 2.37. The number of hydrogen-bond acceptors (Lipinski definition) is 3. The standard InChI is InChI=1S/C16H24N2O2/c1-12-5-7-13(8-6-12)14(19)11-17-15(20)16(2)9-3-4-10-18-16/h5-8,14,18-19H,3-4,9-11H2,1-2H3,(H,17,20). The highest BCUT2D eigenvalue weighted by Crippen LogP contribution is 2.19. The molecule has 0 spiro atoms. The topological polar surface area (TPSA) is 61.4 Å². The van der Waals surface area contributed by atoms with Crippen LogP contribution in [0.25, 0.3) is 0 Å². The summed E-state index contributed by atoms with van der Waals surface area (Å²) in [5.74, 6) is -0.0247. The average Bonchev–Trinajstić information content (AvgIpc) is 2.46. The Hall–Kier alpha value is -1.39. The highest BCUT2D eigenvalue weighted by Gasteiger charge is 2.34. The lowest BCUT2D eigenvalue weighted by Crippen LogP contribution is -2.57. The molecule has 1 aromatic rings. The zero-order valence-corrected chi connectivity index (χ0v) is 12.3. The van der Waals surface area contributed by atoms with Crippen LogP contribution in [0.5, 0.6) is 0 Å². The van der Waals surface area contributed by atoms with Gasteiger partial charge in [-0.3, -0.25) is 4.79 Å². The van der Waals surface area contributed by atoms with Crippen LogP contribution in [0.4, 0.5) is 0 Å². The summed E-state index contributed by atoms with van der Waals surface area (Å²) >= 11 is 0. The number of aliphatic hydroxyl groups is 1. The van der Waals surface area contributed by atoms with E-state index in [0.717, 1.165) is 36.9 Å². The molecule has 110 valence electrons. The van der Waals surface area contributed by atoms with E-state index >= 15 is 0 Å². The van der Waals surface area contributed by atoms with E-state index in [2.05, 4.69) is 10.6 Å². The molecule has 4 nitrogen and oxygen atoms in total. The van der Waals surface area contributed by atoms with Crippen LogP contribution < -0.4 is 10.6 Å². The Balaban J connectivity index is 1.88. The number of aryl methyl sites for hydroxylation is 1. The number of aliphatic hydroxyl groups excluding tert-OH is 1. The van der Waals surface area contributed by atoms with E-state index in [4.69, 9.17) is 0 Å². The first-order valence-electron chi connectivity index (χ1n) is 7.29. The van der Waals surface area contributed by atoms with Crippen LogP contribution in [0.1, 0.15) is 43.4 Å². The van der Waals surface area contributed by atoms with Crippen LogP contribution in [0.3, 0.4) is 0 Å². The van der Waals surface area contributed by atoms with Crippen LogP contribution >= 0.6 is 0 Å². The van der Waals surface area contributed by atoms with Gasteiger partial charge in [-0.1, -0.05) is 29.8 Å².